The molecule has 1 aliphatic rings. The lowest BCUT2D eigenvalue weighted by Crippen LogP contribution is -2.34. The van der Waals surface area contributed by atoms with Gasteiger partial charge < -0.3 is 10.4 Å². The minimum absolute atomic E-state index is 0.0142. The Morgan fingerprint density at radius 1 is 1.13 bits per heavy atom. The zero-order valence-corrected chi connectivity index (χ0v) is 17.5. The first-order chi connectivity index (χ1) is 14.5. The summed E-state index contributed by atoms with van der Waals surface area (Å²) in [7, 11) is 0. The Bertz CT molecular complexity index is 1170. The number of carbonyl (C=O) groups is 2. The Kier molecular flexibility index (Phi) is 5.48. The molecule has 0 saturated carbocycles. The lowest BCUT2D eigenvalue weighted by Gasteiger charge is -2.13. The largest absolute Gasteiger partial charge is 0.395 e. The van der Waals surface area contributed by atoms with E-state index in [1.807, 2.05) is 29.6 Å². The van der Waals surface area contributed by atoms with Crippen molar-refractivity contribution in [3.63, 3.8) is 0 Å². The number of aryl methyl sites for hydroxylation is 2. The van der Waals surface area contributed by atoms with Crippen molar-refractivity contribution in [2.45, 2.75) is 13.8 Å². The molecule has 7 heteroatoms. The third-order valence-electron chi connectivity index (χ3n) is 4.89. The van der Waals surface area contributed by atoms with Gasteiger partial charge in [0.1, 0.15) is 10.7 Å². The van der Waals surface area contributed by atoms with Crippen molar-refractivity contribution in [1.82, 2.24) is 9.88 Å². The van der Waals surface area contributed by atoms with Gasteiger partial charge in [0.25, 0.3) is 11.8 Å². The quantitative estimate of drug-likeness (QED) is 0.595. The molecule has 0 saturated heterocycles. The Labute approximate surface area is 178 Å². The van der Waals surface area contributed by atoms with Crippen LogP contribution in [0.4, 0.5) is 5.69 Å². The summed E-state index contributed by atoms with van der Waals surface area (Å²) in [5, 5.41) is 15.0. The Balaban J connectivity index is 1.57. The van der Waals surface area contributed by atoms with Crippen LogP contribution < -0.4 is 5.32 Å². The fourth-order valence-corrected chi connectivity index (χ4v) is 4.15. The van der Waals surface area contributed by atoms with E-state index >= 15 is 0 Å². The Morgan fingerprint density at radius 3 is 2.77 bits per heavy atom. The zero-order valence-electron chi connectivity index (χ0n) is 16.7. The summed E-state index contributed by atoms with van der Waals surface area (Å²) in [4.78, 5) is 30.1. The van der Waals surface area contributed by atoms with Crippen LogP contribution in [0.15, 0.2) is 59.6 Å². The molecule has 2 N–H and O–H groups in total. The van der Waals surface area contributed by atoms with Crippen molar-refractivity contribution in [1.29, 1.82) is 0 Å². The SMILES string of the molecule is Cc1ccc(C)c(-c2csc(-c3cccc(NC4=CC(=O)N(CCO)C4=O)c3)n2)c1. The highest BCUT2D eigenvalue weighted by atomic mass is 32.1. The normalized spacial score (nSPS) is 13.7. The maximum absolute atomic E-state index is 12.3. The van der Waals surface area contributed by atoms with E-state index in [1.54, 1.807) is 11.3 Å². The van der Waals surface area contributed by atoms with Crippen molar-refractivity contribution in [3.8, 4) is 21.8 Å². The van der Waals surface area contributed by atoms with Crippen LogP contribution in [-0.2, 0) is 9.59 Å². The highest BCUT2D eigenvalue weighted by molar-refractivity contribution is 7.13. The monoisotopic (exact) mass is 419 g/mol. The fourth-order valence-electron chi connectivity index (χ4n) is 3.34. The Hall–Kier alpha value is -3.29. The molecular weight excluding hydrogens is 398 g/mol. The molecule has 0 fully saturated rings. The molecule has 0 spiro atoms. The second-order valence-corrected chi connectivity index (χ2v) is 8.00. The molecule has 0 atom stereocenters. The van der Waals surface area contributed by atoms with Gasteiger partial charge in [-0.25, -0.2) is 4.98 Å². The number of aromatic nitrogens is 1. The van der Waals surface area contributed by atoms with E-state index < -0.39 is 11.8 Å². The van der Waals surface area contributed by atoms with Crippen molar-refractivity contribution >= 4 is 28.8 Å². The smallest absolute Gasteiger partial charge is 0.277 e. The topological polar surface area (TPSA) is 82.5 Å². The minimum Gasteiger partial charge on any atom is -0.395 e. The van der Waals surface area contributed by atoms with Gasteiger partial charge in [0.15, 0.2) is 0 Å². The molecular formula is C23H21N3O3S. The Morgan fingerprint density at radius 2 is 1.97 bits per heavy atom. The van der Waals surface area contributed by atoms with Gasteiger partial charge in [-0.2, -0.15) is 0 Å². The van der Waals surface area contributed by atoms with Crippen molar-refractivity contribution in [3.05, 3.63) is 70.7 Å². The molecule has 6 nitrogen and oxygen atoms in total. The van der Waals surface area contributed by atoms with Crippen LogP contribution in [0.5, 0.6) is 0 Å². The van der Waals surface area contributed by atoms with Gasteiger partial charge in [-0.15, -0.1) is 11.3 Å². The third kappa shape index (κ3) is 3.90. The van der Waals surface area contributed by atoms with Gasteiger partial charge in [0, 0.05) is 28.3 Å². The van der Waals surface area contributed by atoms with Crippen LogP contribution >= 0.6 is 11.3 Å². The number of hydrogen-bond acceptors (Lipinski definition) is 6. The van der Waals surface area contributed by atoms with Crippen LogP contribution in [0.1, 0.15) is 11.1 Å². The first-order valence-electron chi connectivity index (χ1n) is 9.55. The molecule has 2 aromatic carbocycles. The molecule has 0 bridgehead atoms. The van der Waals surface area contributed by atoms with Crippen LogP contribution in [0.2, 0.25) is 0 Å². The number of aliphatic hydroxyl groups is 1. The van der Waals surface area contributed by atoms with Crippen molar-refractivity contribution in [2.24, 2.45) is 0 Å². The van der Waals surface area contributed by atoms with Gasteiger partial charge in [-0.05, 0) is 37.6 Å². The third-order valence-corrected chi connectivity index (χ3v) is 5.79. The standard InChI is InChI=1S/C23H21N3O3S/c1-14-6-7-15(2)18(10-14)20-13-30-22(25-20)16-4-3-5-17(11-16)24-19-12-21(28)26(8-9-27)23(19)29/h3-7,10-13,24,27H,8-9H2,1-2H3. The number of benzene rings is 2. The fraction of sp³-hybridized carbons (Fsp3) is 0.174. The molecule has 0 unspecified atom stereocenters. The lowest BCUT2D eigenvalue weighted by atomic mass is 10.0. The van der Waals surface area contributed by atoms with Gasteiger partial charge in [-0.1, -0.05) is 29.8 Å². The second kappa shape index (κ2) is 8.22. The van der Waals surface area contributed by atoms with E-state index in [0.29, 0.717) is 5.69 Å². The summed E-state index contributed by atoms with van der Waals surface area (Å²) in [6.07, 6.45) is 1.26. The van der Waals surface area contributed by atoms with E-state index in [9.17, 15) is 9.59 Å². The number of β-amino-alcohol motifs (C(OH)–C–C–N with tert-alkyl or cyclic N) is 1. The first-order valence-corrected chi connectivity index (χ1v) is 10.4. The highest BCUT2D eigenvalue weighted by Crippen LogP contribution is 2.32. The van der Waals surface area contributed by atoms with Crippen LogP contribution in [-0.4, -0.2) is 40.0 Å². The summed E-state index contributed by atoms with van der Waals surface area (Å²) in [5.41, 5.74) is 6.23. The molecule has 1 aromatic heterocycles. The summed E-state index contributed by atoms with van der Waals surface area (Å²) in [6.45, 7) is 3.86. The summed E-state index contributed by atoms with van der Waals surface area (Å²) in [5.74, 6) is -0.864. The molecule has 2 amide bonds. The number of rotatable bonds is 6. The van der Waals surface area contributed by atoms with E-state index in [0.717, 1.165) is 26.7 Å². The molecule has 2 heterocycles. The van der Waals surface area contributed by atoms with Crippen LogP contribution in [0.3, 0.4) is 0 Å². The molecule has 0 aliphatic carbocycles. The predicted molar refractivity (Wildman–Crippen MR) is 118 cm³/mol. The average Bonchev–Trinajstić information content (AvgIpc) is 3.32. The molecule has 152 valence electrons. The summed E-state index contributed by atoms with van der Waals surface area (Å²) in [6, 6.07) is 13.9. The second-order valence-electron chi connectivity index (χ2n) is 7.14. The van der Waals surface area contributed by atoms with E-state index in [1.165, 1.54) is 17.2 Å². The number of thiazole rings is 1. The summed E-state index contributed by atoms with van der Waals surface area (Å²) >= 11 is 1.56. The lowest BCUT2D eigenvalue weighted by molar-refractivity contribution is -0.137. The maximum atomic E-state index is 12.3. The molecule has 1 aliphatic heterocycles. The molecule has 4 rings (SSSR count). The van der Waals surface area contributed by atoms with E-state index in [2.05, 4.69) is 37.4 Å². The van der Waals surface area contributed by atoms with Gasteiger partial charge in [-0.3, -0.25) is 14.5 Å². The summed E-state index contributed by atoms with van der Waals surface area (Å²) < 4.78 is 0. The van der Waals surface area contributed by atoms with Crippen LogP contribution in [0, 0.1) is 13.8 Å². The van der Waals surface area contributed by atoms with Gasteiger partial charge in [0.05, 0.1) is 18.8 Å². The van der Waals surface area contributed by atoms with Gasteiger partial charge >= 0.3 is 0 Å². The van der Waals surface area contributed by atoms with Crippen molar-refractivity contribution < 1.29 is 14.7 Å². The number of aliphatic hydroxyl groups excluding tert-OH is 1. The van der Waals surface area contributed by atoms with E-state index in [-0.39, 0.29) is 18.8 Å². The number of hydrogen-bond donors (Lipinski definition) is 2. The number of anilines is 1. The van der Waals surface area contributed by atoms with Crippen LogP contribution in [0.25, 0.3) is 21.8 Å². The molecule has 3 aromatic rings. The van der Waals surface area contributed by atoms with E-state index in [4.69, 9.17) is 10.1 Å². The number of imide groups is 1. The number of amides is 2. The number of nitrogens with zero attached hydrogens (tertiary/aromatic N) is 2. The zero-order chi connectivity index (χ0) is 21.3. The minimum atomic E-state index is -0.439. The highest BCUT2D eigenvalue weighted by Gasteiger charge is 2.30. The number of nitrogens with one attached hydrogen (secondary N) is 1. The van der Waals surface area contributed by atoms with Gasteiger partial charge in [0.2, 0.25) is 0 Å². The van der Waals surface area contributed by atoms with Crippen molar-refractivity contribution in [2.75, 3.05) is 18.5 Å². The predicted octanol–water partition coefficient (Wildman–Crippen LogP) is 3.75. The number of carbonyl (C=O) groups excluding carboxylic acids is 2. The molecule has 0 radical (unpaired) electrons. The first kappa shape index (κ1) is 20.0. The average molecular weight is 420 g/mol. The maximum Gasteiger partial charge on any atom is 0.277 e. The molecule has 30 heavy (non-hydrogen) atoms.